The highest BCUT2D eigenvalue weighted by molar-refractivity contribution is 7.85. The van der Waals surface area contributed by atoms with Crippen LogP contribution in [0.5, 0.6) is 0 Å². The molecule has 0 bridgehead atoms. The van der Waals surface area contributed by atoms with Crippen LogP contribution in [0.25, 0.3) is 0 Å². The molecule has 0 spiro atoms. The first-order chi connectivity index (χ1) is 10.1. The molecule has 2 atom stereocenters. The molecule has 2 rings (SSSR count). The molecular formula is C17H20ClNOS. The van der Waals surface area contributed by atoms with Crippen molar-refractivity contribution in [2.24, 2.45) is 0 Å². The Morgan fingerprint density at radius 1 is 1.19 bits per heavy atom. The summed E-state index contributed by atoms with van der Waals surface area (Å²) in [6.45, 7) is 4.96. The topological polar surface area (TPSA) is 29.1 Å². The van der Waals surface area contributed by atoms with Gasteiger partial charge >= 0.3 is 0 Å². The van der Waals surface area contributed by atoms with E-state index in [1.54, 1.807) is 12.1 Å². The minimum atomic E-state index is -1.08. The third kappa shape index (κ3) is 4.67. The van der Waals surface area contributed by atoms with Gasteiger partial charge in [0.05, 0.1) is 10.8 Å². The lowest BCUT2D eigenvalue weighted by Crippen LogP contribution is -2.26. The molecule has 0 amide bonds. The van der Waals surface area contributed by atoms with Gasteiger partial charge in [-0.2, -0.15) is 0 Å². The molecule has 2 unspecified atom stereocenters. The first-order valence-electron chi connectivity index (χ1n) is 7.04. The van der Waals surface area contributed by atoms with Gasteiger partial charge in [-0.3, -0.25) is 4.21 Å². The molecule has 0 aromatic heterocycles. The largest absolute Gasteiger partial charge is 0.309 e. The summed E-state index contributed by atoms with van der Waals surface area (Å²) in [5, 5.41) is 4.03. The van der Waals surface area contributed by atoms with Crippen molar-refractivity contribution in [1.82, 2.24) is 5.32 Å². The summed E-state index contributed by atoms with van der Waals surface area (Å²) in [6, 6.07) is 15.7. The van der Waals surface area contributed by atoms with Crippen LogP contribution in [0.2, 0.25) is 5.02 Å². The molecule has 0 aliphatic carbocycles. The molecule has 2 aromatic carbocycles. The highest BCUT2D eigenvalue weighted by atomic mass is 35.5. The smallest absolute Gasteiger partial charge is 0.0549 e. The van der Waals surface area contributed by atoms with Gasteiger partial charge in [-0.25, -0.2) is 0 Å². The average molecular weight is 322 g/mol. The van der Waals surface area contributed by atoms with E-state index in [4.69, 9.17) is 11.6 Å². The summed E-state index contributed by atoms with van der Waals surface area (Å²) < 4.78 is 12.5. The minimum Gasteiger partial charge on any atom is -0.309 e. The maximum Gasteiger partial charge on any atom is 0.0549 e. The van der Waals surface area contributed by atoms with Crippen molar-refractivity contribution in [2.75, 3.05) is 12.3 Å². The summed E-state index contributed by atoms with van der Waals surface area (Å²) >= 11 is 5.97. The van der Waals surface area contributed by atoms with Crippen molar-refractivity contribution in [2.45, 2.75) is 24.8 Å². The molecule has 1 N–H and O–H groups in total. The zero-order valence-corrected chi connectivity index (χ0v) is 13.9. The Hall–Kier alpha value is -1.16. The molecule has 0 saturated carbocycles. The number of benzene rings is 2. The van der Waals surface area contributed by atoms with Crippen LogP contribution in [-0.4, -0.2) is 16.5 Å². The van der Waals surface area contributed by atoms with Gasteiger partial charge < -0.3 is 5.32 Å². The lowest BCUT2D eigenvalue weighted by atomic mass is 10.1. The second kappa shape index (κ2) is 7.74. The van der Waals surface area contributed by atoms with E-state index in [0.29, 0.717) is 10.8 Å². The Bertz CT molecular complexity index is 612. The summed E-state index contributed by atoms with van der Waals surface area (Å²) in [5.41, 5.74) is 2.39. The van der Waals surface area contributed by atoms with E-state index < -0.39 is 10.8 Å². The van der Waals surface area contributed by atoms with Crippen LogP contribution in [0.4, 0.5) is 0 Å². The fourth-order valence-corrected chi connectivity index (χ4v) is 3.72. The van der Waals surface area contributed by atoms with E-state index in [-0.39, 0.29) is 6.04 Å². The third-order valence-corrected chi connectivity index (χ3v) is 4.96. The van der Waals surface area contributed by atoms with Gasteiger partial charge in [0.2, 0.25) is 0 Å². The van der Waals surface area contributed by atoms with Crippen LogP contribution in [0.15, 0.2) is 53.4 Å². The predicted molar refractivity (Wildman–Crippen MR) is 90.3 cm³/mol. The van der Waals surface area contributed by atoms with E-state index in [1.807, 2.05) is 12.1 Å². The fraction of sp³-hybridized carbons (Fsp3) is 0.294. The van der Waals surface area contributed by atoms with Crippen molar-refractivity contribution in [3.05, 3.63) is 64.7 Å². The molecule has 21 heavy (non-hydrogen) atoms. The Morgan fingerprint density at radius 3 is 2.52 bits per heavy atom. The van der Waals surface area contributed by atoms with Gasteiger partial charge in [0.25, 0.3) is 0 Å². The molecule has 0 aliphatic rings. The summed E-state index contributed by atoms with van der Waals surface area (Å²) in [6.07, 6.45) is 0. The normalized spacial score (nSPS) is 13.9. The van der Waals surface area contributed by atoms with Crippen molar-refractivity contribution in [3.8, 4) is 0 Å². The summed E-state index contributed by atoms with van der Waals surface area (Å²) in [5.74, 6) is 0.539. The fourth-order valence-electron chi connectivity index (χ4n) is 2.17. The third-order valence-electron chi connectivity index (χ3n) is 3.31. The molecule has 112 valence electrons. The molecule has 0 heterocycles. The molecule has 0 radical (unpaired) electrons. The molecular weight excluding hydrogens is 302 g/mol. The second-order valence-corrected chi connectivity index (χ2v) is 6.92. The minimum absolute atomic E-state index is 0.0791. The number of hydrogen-bond donors (Lipinski definition) is 1. The van der Waals surface area contributed by atoms with Crippen molar-refractivity contribution >= 4 is 22.4 Å². The summed E-state index contributed by atoms with van der Waals surface area (Å²) in [7, 11) is -1.08. The number of rotatable bonds is 6. The zero-order chi connectivity index (χ0) is 15.2. The lowest BCUT2D eigenvalue weighted by Gasteiger charge is -2.18. The molecule has 0 saturated heterocycles. The van der Waals surface area contributed by atoms with Gasteiger partial charge in [0, 0.05) is 21.7 Å². The Labute approximate surface area is 134 Å². The first-order valence-corrected chi connectivity index (χ1v) is 8.73. The maximum atomic E-state index is 12.5. The molecule has 2 nitrogen and oxygen atoms in total. The Kier molecular flexibility index (Phi) is 5.97. The van der Waals surface area contributed by atoms with E-state index in [9.17, 15) is 4.21 Å². The molecule has 0 fully saturated rings. The Morgan fingerprint density at radius 2 is 1.90 bits per heavy atom. The van der Waals surface area contributed by atoms with Gasteiger partial charge in [0.15, 0.2) is 0 Å². The lowest BCUT2D eigenvalue weighted by molar-refractivity contribution is 0.594. The van der Waals surface area contributed by atoms with Crippen LogP contribution < -0.4 is 5.32 Å². The highest BCUT2D eigenvalue weighted by Gasteiger charge is 2.15. The van der Waals surface area contributed by atoms with Gasteiger partial charge in [-0.05, 0) is 37.2 Å². The van der Waals surface area contributed by atoms with Crippen LogP contribution in [0.3, 0.4) is 0 Å². The zero-order valence-electron chi connectivity index (χ0n) is 12.3. The average Bonchev–Trinajstić information content (AvgIpc) is 2.47. The van der Waals surface area contributed by atoms with Crippen LogP contribution in [0.1, 0.15) is 24.1 Å². The standard InChI is InChI=1S/C17H20ClNOS/c1-3-19-17(14-9-7-13(2)8-10-14)12-21(20)16-6-4-5-15(18)11-16/h4-11,17,19H,3,12H2,1-2H3. The van der Waals surface area contributed by atoms with Crippen molar-refractivity contribution < 1.29 is 4.21 Å². The van der Waals surface area contributed by atoms with Crippen LogP contribution in [-0.2, 0) is 10.8 Å². The number of halogens is 1. The van der Waals surface area contributed by atoms with Gasteiger partial charge in [-0.1, -0.05) is 54.4 Å². The van der Waals surface area contributed by atoms with Crippen molar-refractivity contribution in [3.63, 3.8) is 0 Å². The van der Waals surface area contributed by atoms with Crippen molar-refractivity contribution in [1.29, 1.82) is 0 Å². The SMILES string of the molecule is CCNC(CS(=O)c1cccc(Cl)c1)c1ccc(C)cc1. The van der Waals surface area contributed by atoms with E-state index in [2.05, 4.69) is 43.4 Å². The second-order valence-electron chi connectivity index (χ2n) is 4.99. The van der Waals surface area contributed by atoms with Gasteiger partial charge in [0.1, 0.15) is 0 Å². The first kappa shape index (κ1) is 16.2. The molecule has 0 aliphatic heterocycles. The quantitative estimate of drug-likeness (QED) is 0.867. The molecule has 2 aromatic rings. The number of hydrogen-bond acceptors (Lipinski definition) is 2. The van der Waals surface area contributed by atoms with Crippen LogP contribution >= 0.6 is 11.6 Å². The number of nitrogens with one attached hydrogen (secondary N) is 1. The van der Waals surface area contributed by atoms with E-state index >= 15 is 0 Å². The highest BCUT2D eigenvalue weighted by Crippen LogP contribution is 2.20. The monoisotopic (exact) mass is 321 g/mol. The van der Waals surface area contributed by atoms with E-state index in [0.717, 1.165) is 17.0 Å². The summed E-state index contributed by atoms with van der Waals surface area (Å²) in [4.78, 5) is 0.775. The number of aryl methyl sites for hydroxylation is 1. The van der Waals surface area contributed by atoms with E-state index in [1.165, 1.54) is 5.56 Å². The van der Waals surface area contributed by atoms with Gasteiger partial charge in [-0.15, -0.1) is 0 Å². The Balaban J connectivity index is 2.16. The maximum absolute atomic E-state index is 12.5. The van der Waals surface area contributed by atoms with Crippen LogP contribution in [0, 0.1) is 6.92 Å². The molecule has 4 heteroatoms. The predicted octanol–water partition coefficient (Wildman–Crippen LogP) is 4.11.